The molecule has 0 atom stereocenters. The maximum absolute atomic E-state index is 12.5. The van der Waals surface area contributed by atoms with Crippen LogP contribution < -0.4 is 0 Å². The molecular formula is C9H14FN. The van der Waals surface area contributed by atoms with Gasteiger partial charge in [-0.2, -0.15) is 0 Å². The van der Waals surface area contributed by atoms with Gasteiger partial charge >= 0.3 is 0 Å². The predicted molar refractivity (Wildman–Crippen MR) is 45.0 cm³/mol. The Labute approximate surface area is 67.3 Å². The van der Waals surface area contributed by atoms with Gasteiger partial charge in [0.1, 0.15) is 5.82 Å². The third-order valence-corrected chi connectivity index (χ3v) is 1.41. The van der Waals surface area contributed by atoms with Crippen molar-refractivity contribution in [2.75, 3.05) is 0 Å². The Morgan fingerprint density at radius 3 is 2.09 bits per heavy atom. The smallest absolute Gasteiger partial charge is 0.144 e. The van der Waals surface area contributed by atoms with E-state index in [1.54, 1.807) is 13.1 Å². The van der Waals surface area contributed by atoms with Crippen molar-refractivity contribution in [3.8, 4) is 0 Å². The minimum atomic E-state index is -0.227. The zero-order valence-corrected chi connectivity index (χ0v) is 7.48. The summed E-state index contributed by atoms with van der Waals surface area (Å²) >= 11 is 0. The molecule has 1 aromatic heterocycles. The second kappa shape index (κ2) is 4.83. The number of hydrogen-bond acceptors (Lipinski definition) is 1. The molecule has 0 aliphatic heterocycles. The van der Waals surface area contributed by atoms with Gasteiger partial charge in [0.25, 0.3) is 0 Å². The van der Waals surface area contributed by atoms with Gasteiger partial charge in [0.15, 0.2) is 0 Å². The summed E-state index contributed by atoms with van der Waals surface area (Å²) in [5, 5.41) is 0. The van der Waals surface area contributed by atoms with Crippen LogP contribution in [0.1, 0.15) is 25.0 Å². The predicted octanol–water partition coefficient (Wildman–Crippen LogP) is 2.86. The Balaban J connectivity index is 0.000000461. The van der Waals surface area contributed by atoms with Gasteiger partial charge in [-0.05, 0) is 25.0 Å². The van der Waals surface area contributed by atoms with E-state index in [0.29, 0.717) is 5.56 Å². The van der Waals surface area contributed by atoms with Crippen LogP contribution in [0.2, 0.25) is 0 Å². The average Bonchev–Trinajstić information content (AvgIpc) is 2.04. The molecule has 0 unspecified atom stereocenters. The molecule has 0 spiro atoms. The van der Waals surface area contributed by atoms with Gasteiger partial charge in [0, 0.05) is 6.20 Å². The van der Waals surface area contributed by atoms with E-state index in [1.807, 2.05) is 20.8 Å². The minimum absolute atomic E-state index is 0.227. The van der Waals surface area contributed by atoms with Crippen molar-refractivity contribution < 1.29 is 4.39 Å². The lowest BCUT2D eigenvalue weighted by molar-refractivity contribution is 0.610. The van der Waals surface area contributed by atoms with Crippen LogP contribution in [0, 0.1) is 19.7 Å². The van der Waals surface area contributed by atoms with E-state index in [9.17, 15) is 4.39 Å². The van der Waals surface area contributed by atoms with Crippen LogP contribution in [0.25, 0.3) is 0 Å². The molecule has 0 aliphatic rings. The summed E-state index contributed by atoms with van der Waals surface area (Å²) in [6.45, 7) is 7.58. The number of pyridine rings is 1. The summed E-state index contributed by atoms with van der Waals surface area (Å²) in [6.07, 6.45) is 2.88. The number of halogens is 1. The Morgan fingerprint density at radius 2 is 1.73 bits per heavy atom. The lowest BCUT2D eigenvalue weighted by Gasteiger charge is -1.96. The van der Waals surface area contributed by atoms with E-state index in [2.05, 4.69) is 4.98 Å². The summed E-state index contributed by atoms with van der Waals surface area (Å²) < 4.78 is 12.5. The van der Waals surface area contributed by atoms with Crippen LogP contribution >= 0.6 is 0 Å². The summed E-state index contributed by atoms with van der Waals surface area (Å²) in [6, 6.07) is 0. The summed E-state index contributed by atoms with van der Waals surface area (Å²) in [5.41, 5.74) is 1.58. The topological polar surface area (TPSA) is 12.9 Å². The van der Waals surface area contributed by atoms with E-state index in [-0.39, 0.29) is 5.82 Å². The van der Waals surface area contributed by atoms with E-state index >= 15 is 0 Å². The first kappa shape index (κ1) is 10.1. The highest BCUT2D eigenvalue weighted by Gasteiger charge is 1.96. The second-order valence-electron chi connectivity index (χ2n) is 2.06. The third kappa shape index (κ3) is 2.66. The zero-order valence-electron chi connectivity index (χ0n) is 7.48. The van der Waals surface area contributed by atoms with Crippen LogP contribution in [0.5, 0.6) is 0 Å². The van der Waals surface area contributed by atoms with Crippen LogP contribution in [0.3, 0.4) is 0 Å². The number of rotatable bonds is 0. The van der Waals surface area contributed by atoms with E-state index in [1.165, 1.54) is 6.20 Å². The van der Waals surface area contributed by atoms with Crippen molar-refractivity contribution in [3.05, 3.63) is 29.3 Å². The molecule has 0 aromatic carbocycles. The fourth-order valence-electron chi connectivity index (χ4n) is 0.597. The molecule has 0 saturated heterocycles. The molecule has 0 amide bonds. The molecule has 11 heavy (non-hydrogen) atoms. The molecule has 2 heteroatoms. The fourth-order valence-corrected chi connectivity index (χ4v) is 0.597. The SMILES string of the molecule is CC.Cc1cncc(F)c1C. The van der Waals surface area contributed by atoms with Gasteiger partial charge in [0.05, 0.1) is 6.20 Å². The fraction of sp³-hybridized carbons (Fsp3) is 0.444. The number of hydrogen-bond donors (Lipinski definition) is 0. The highest BCUT2D eigenvalue weighted by atomic mass is 19.1. The molecule has 0 N–H and O–H groups in total. The number of aryl methyl sites for hydroxylation is 1. The molecule has 0 radical (unpaired) electrons. The van der Waals surface area contributed by atoms with Crippen molar-refractivity contribution in [2.24, 2.45) is 0 Å². The molecule has 1 nitrogen and oxygen atoms in total. The lowest BCUT2D eigenvalue weighted by atomic mass is 10.2. The maximum Gasteiger partial charge on any atom is 0.144 e. The van der Waals surface area contributed by atoms with Crippen LogP contribution in [-0.4, -0.2) is 4.98 Å². The molecule has 62 valence electrons. The normalized spacial score (nSPS) is 8.45. The standard InChI is InChI=1S/C7H8FN.C2H6/c1-5-3-9-4-7(8)6(5)2;1-2/h3-4H,1-2H3;1-2H3. The van der Waals surface area contributed by atoms with Gasteiger partial charge in [0.2, 0.25) is 0 Å². The highest BCUT2D eigenvalue weighted by Crippen LogP contribution is 2.07. The third-order valence-electron chi connectivity index (χ3n) is 1.41. The quantitative estimate of drug-likeness (QED) is 0.561. The Morgan fingerprint density at radius 1 is 1.18 bits per heavy atom. The molecule has 0 fully saturated rings. The maximum atomic E-state index is 12.5. The molecular weight excluding hydrogens is 141 g/mol. The van der Waals surface area contributed by atoms with E-state index < -0.39 is 0 Å². The first-order valence-corrected chi connectivity index (χ1v) is 3.78. The summed E-state index contributed by atoms with van der Waals surface area (Å²) in [7, 11) is 0. The van der Waals surface area contributed by atoms with Gasteiger partial charge in [-0.15, -0.1) is 0 Å². The molecule has 0 bridgehead atoms. The monoisotopic (exact) mass is 155 g/mol. The first-order chi connectivity index (χ1) is 5.22. The zero-order chi connectivity index (χ0) is 8.85. The average molecular weight is 155 g/mol. The van der Waals surface area contributed by atoms with Crippen LogP contribution in [-0.2, 0) is 0 Å². The molecule has 1 rings (SSSR count). The molecule has 1 heterocycles. The van der Waals surface area contributed by atoms with Gasteiger partial charge in [-0.1, -0.05) is 13.8 Å². The van der Waals surface area contributed by atoms with Gasteiger partial charge < -0.3 is 0 Å². The van der Waals surface area contributed by atoms with E-state index in [0.717, 1.165) is 5.56 Å². The lowest BCUT2D eigenvalue weighted by Crippen LogP contribution is -1.87. The minimum Gasteiger partial charge on any atom is -0.261 e. The van der Waals surface area contributed by atoms with Crippen molar-refractivity contribution in [1.82, 2.24) is 4.98 Å². The van der Waals surface area contributed by atoms with Crippen LogP contribution in [0.4, 0.5) is 4.39 Å². The largest absolute Gasteiger partial charge is 0.261 e. The summed E-state index contributed by atoms with van der Waals surface area (Å²) in [4.78, 5) is 3.67. The number of aromatic nitrogens is 1. The van der Waals surface area contributed by atoms with E-state index in [4.69, 9.17) is 0 Å². The van der Waals surface area contributed by atoms with Crippen molar-refractivity contribution in [2.45, 2.75) is 27.7 Å². The Bertz CT molecular complexity index is 201. The molecule has 0 aliphatic carbocycles. The van der Waals surface area contributed by atoms with Gasteiger partial charge in [-0.3, -0.25) is 4.98 Å². The van der Waals surface area contributed by atoms with Crippen molar-refractivity contribution in [3.63, 3.8) is 0 Å². The van der Waals surface area contributed by atoms with Crippen LogP contribution in [0.15, 0.2) is 12.4 Å². The van der Waals surface area contributed by atoms with Gasteiger partial charge in [-0.25, -0.2) is 4.39 Å². The highest BCUT2D eigenvalue weighted by molar-refractivity contribution is 5.20. The molecule has 1 aromatic rings. The Hall–Kier alpha value is -0.920. The first-order valence-electron chi connectivity index (χ1n) is 3.78. The number of nitrogens with zero attached hydrogens (tertiary/aromatic N) is 1. The summed E-state index contributed by atoms with van der Waals surface area (Å²) in [5.74, 6) is -0.227. The Kier molecular flexibility index (Phi) is 4.42. The van der Waals surface area contributed by atoms with Crippen molar-refractivity contribution >= 4 is 0 Å². The van der Waals surface area contributed by atoms with Crippen molar-refractivity contribution in [1.29, 1.82) is 0 Å². The second-order valence-corrected chi connectivity index (χ2v) is 2.06. The molecule has 0 saturated carbocycles.